The molecule has 0 saturated heterocycles. The van der Waals surface area contributed by atoms with Gasteiger partial charge in [-0.15, -0.1) is 0 Å². The highest BCUT2D eigenvalue weighted by Gasteiger charge is 2.18. The van der Waals surface area contributed by atoms with Crippen LogP contribution in [0.15, 0.2) is 42.5 Å². The second-order valence-electron chi connectivity index (χ2n) is 4.68. The fourth-order valence-electron chi connectivity index (χ4n) is 2.53. The molecule has 0 spiro atoms. The molecule has 1 nitrogen and oxygen atoms in total. The smallest absolute Gasteiger partial charge is 0.127 e. The predicted octanol–water partition coefficient (Wildman–Crippen LogP) is 3.56. The zero-order chi connectivity index (χ0) is 11.8. The highest BCUT2D eigenvalue weighted by atomic mass is 16.1. The molecule has 0 aromatic heterocycles. The monoisotopic (exact) mass is 222 g/mol. The maximum Gasteiger partial charge on any atom is 0.127 e. The Bertz CT molecular complexity index is 584. The molecule has 1 atom stereocenters. The maximum absolute atomic E-state index is 10.8. The van der Waals surface area contributed by atoms with Crippen LogP contribution < -0.4 is 0 Å². The van der Waals surface area contributed by atoms with Crippen LogP contribution in [0.4, 0.5) is 0 Å². The van der Waals surface area contributed by atoms with Gasteiger partial charge in [-0.3, -0.25) is 0 Å². The van der Waals surface area contributed by atoms with Crippen molar-refractivity contribution in [2.75, 3.05) is 0 Å². The summed E-state index contributed by atoms with van der Waals surface area (Å²) in [6, 6.07) is 14.9. The van der Waals surface area contributed by atoms with Crippen molar-refractivity contribution in [3.05, 3.63) is 59.2 Å². The quantitative estimate of drug-likeness (QED) is 0.606. The number of fused-ring (bicyclic) bond motifs is 3. The number of aldehydes is 1. The van der Waals surface area contributed by atoms with Crippen molar-refractivity contribution in [2.24, 2.45) is 0 Å². The minimum absolute atomic E-state index is 0.0102. The van der Waals surface area contributed by atoms with Crippen molar-refractivity contribution < 1.29 is 4.79 Å². The van der Waals surface area contributed by atoms with Gasteiger partial charge < -0.3 is 4.79 Å². The van der Waals surface area contributed by atoms with E-state index < -0.39 is 0 Å². The number of benzene rings is 2. The topological polar surface area (TPSA) is 17.1 Å². The molecule has 1 heteroatoms. The van der Waals surface area contributed by atoms with Crippen molar-refractivity contribution in [3.8, 4) is 11.1 Å². The first-order valence-electron chi connectivity index (χ1n) is 5.96. The van der Waals surface area contributed by atoms with E-state index in [-0.39, 0.29) is 5.92 Å². The summed E-state index contributed by atoms with van der Waals surface area (Å²) in [6.07, 6.45) is 1.99. The molecule has 3 rings (SSSR count). The maximum atomic E-state index is 10.8. The molecular formula is C16H14O. The summed E-state index contributed by atoms with van der Waals surface area (Å²) in [4.78, 5) is 10.8. The van der Waals surface area contributed by atoms with Crippen LogP contribution in [0.5, 0.6) is 0 Å². The lowest BCUT2D eigenvalue weighted by molar-refractivity contribution is -0.108. The van der Waals surface area contributed by atoms with Gasteiger partial charge in [0, 0.05) is 5.92 Å². The zero-order valence-electron chi connectivity index (χ0n) is 9.81. The molecular weight excluding hydrogens is 208 g/mol. The van der Waals surface area contributed by atoms with E-state index in [1.54, 1.807) is 0 Å². The molecule has 1 aliphatic rings. The summed E-state index contributed by atoms with van der Waals surface area (Å²) in [5.41, 5.74) is 6.51. The number of hydrogen-bond donors (Lipinski definition) is 0. The summed E-state index contributed by atoms with van der Waals surface area (Å²) in [5.74, 6) is -0.0102. The van der Waals surface area contributed by atoms with Crippen LogP contribution in [0.2, 0.25) is 0 Å². The first-order valence-corrected chi connectivity index (χ1v) is 5.96. The lowest BCUT2D eigenvalue weighted by Crippen LogP contribution is -1.95. The van der Waals surface area contributed by atoms with Crippen LogP contribution >= 0.6 is 0 Å². The largest absolute Gasteiger partial charge is 0.303 e. The van der Waals surface area contributed by atoms with Crippen LogP contribution in [0.3, 0.4) is 0 Å². The number of rotatable bonds is 2. The van der Waals surface area contributed by atoms with E-state index in [0.29, 0.717) is 0 Å². The third kappa shape index (κ3) is 1.59. The van der Waals surface area contributed by atoms with Crippen LogP contribution in [0.1, 0.15) is 29.5 Å². The molecule has 1 aliphatic carbocycles. The van der Waals surface area contributed by atoms with Crippen molar-refractivity contribution >= 4 is 6.29 Å². The van der Waals surface area contributed by atoms with Crippen LogP contribution in [-0.2, 0) is 11.2 Å². The summed E-state index contributed by atoms with van der Waals surface area (Å²) >= 11 is 0. The molecule has 84 valence electrons. The lowest BCUT2D eigenvalue weighted by atomic mass is 9.97. The van der Waals surface area contributed by atoms with E-state index in [1.165, 1.54) is 22.3 Å². The zero-order valence-corrected chi connectivity index (χ0v) is 9.81. The molecule has 0 unspecified atom stereocenters. The third-order valence-electron chi connectivity index (χ3n) is 3.55. The van der Waals surface area contributed by atoms with Gasteiger partial charge in [0.1, 0.15) is 6.29 Å². The minimum atomic E-state index is -0.0102. The Labute approximate surface area is 101 Å². The van der Waals surface area contributed by atoms with Crippen molar-refractivity contribution in [1.29, 1.82) is 0 Å². The molecule has 0 N–H and O–H groups in total. The fourth-order valence-corrected chi connectivity index (χ4v) is 2.53. The summed E-state index contributed by atoms with van der Waals surface area (Å²) in [6.45, 7) is 1.94. The van der Waals surface area contributed by atoms with E-state index in [2.05, 4.69) is 42.5 Å². The number of carbonyl (C=O) groups excluding carboxylic acids is 1. The van der Waals surface area contributed by atoms with Gasteiger partial charge >= 0.3 is 0 Å². The Balaban J connectivity index is 2.10. The van der Waals surface area contributed by atoms with E-state index >= 15 is 0 Å². The highest BCUT2D eigenvalue weighted by Crippen LogP contribution is 2.37. The molecule has 2 aromatic carbocycles. The molecule has 0 radical (unpaired) electrons. The Hall–Kier alpha value is -1.89. The van der Waals surface area contributed by atoms with Gasteiger partial charge in [-0.25, -0.2) is 0 Å². The molecule has 0 heterocycles. The van der Waals surface area contributed by atoms with Crippen molar-refractivity contribution in [2.45, 2.75) is 19.3 Å². The first-order chi connectivity index (χ1) is 8.29. The van der Waals surface area contributed by atoms with Crippen LogP contribution in [0.25, 0.3) is 11.1 Å². The summed E-state index contributed by atoms with van der Waals surface area (Å²) < 4.78 is 0. The van der Waals surface area contributed by atoms with Crippen molar-refractivity contribution in [3.63, 3.8) is 0 Å². The third-order valence-corrected chi connectivity index (χ3v) is 3.55. The van der Waals surface area contributed by atoms with E-state index in [4.69, 9.17) is 0 Å². The fraction of sp³-hybridized carbons (Fsp3) is 0.188. The van der Waals surface area contributed by atoms with Gasteiger partial charge in [-0.05, 0) is 34.2 Å². The molecule has 0 aliphatic heterocycles. The Kier molecular flexibility index (Phi) is 2.32. The van der Waals surface area contributed by atoms with Gasteiger partial charge in [-0.1, -0.05) is 49.4 Å². The minimum Gasteiger partial charge on any atom is -0.303 e. The average molecular weight is 222 g/mol. The standard InChI is InChI=1S/C16H14O/c1-11(10-17)12-6-7-16-14(8-12)9-13-4-2-3-5-15(13)16/h2-8,10-11H,9H2,1H3/t11-/m0/s1. The van der Waals surface area contributed by atoms with Crippen LogP contribution in [-0.4, -0.2) is 6.29 Å². The molecule has 0 saturated carbocycles. The molecule has 17 heavy (non-hydrogen) atoms. The number of carbonyl (C=O) groups is 1. The Morgan fingerprint density at radius 2 is 1.82 bits per heavy atom. The summed E-state index contributed by atoms with van der Waals surface area (Å²) in [5, 5.41) is 0. The van der Waals surface area contributed by atoms with Gasteiger partial charge in [0.15, 0.2) is 0 Å². The Morgan fingerprint density at radius 1 is 1.06 bits per heavy atom. The SMILES string of the molecule is C[C@@H](C=O)c1ccc2c(c1)Cc1ccccc1-2. The van der Waals surface area contributed by atoms with E-state index in [9.17, 15) is 4.79 Å². The van der Waals surface area contributed by atoms with Gasteiger partial charge in [0.25, 0.3) is 0 Å². The molecule has 0 bridgehead atoms. The average Bonchev–Trinajstić information content (AvgIpc) is 2.75. The predicted molar refractivity (Wildman–Crippen MR) is 69.2 cm³/mol. The highest BCUT2D eigenvalue weighted by molar-refractivity contribution is 5.77. The lowest BCUT2D eigenvalue weighted by Gasteiger charge is -2.07. The van der Waals surface area contributed by atoms with Gasteiger partial charge in [0.05, 0.1) is 0 Å². The second-order valence-corrected chi connectivity index (χ2v) is 4.68. The number of hydrogen-bond acceptors (Lipinski definition) is 1. The molecule has 0 amide bonds. The molecule has 0 fully saturated rings. The Morgan fingerprint density at radius 3 is 2.65 bits per heavy atom. The van der Waals surface area contributed by atoms with Gasteiger partial charge in [0.2, 0.25) is 0 Å². The summed E-state index contributed by atoms with van der Waals surface area (Å²) in [7, 11) is 0. The second kappa shape index (κ2) is 3.85. The normalized spacial score (nSPS) is 13.9. The van der Waals surface area contributed by atoms with Crippen LogP contribution in [0, 0.1) is 0 Å². The van der Waals surface area contributed by atoms with Crippen molar-refractivity contribution in [1.82, 2.24) is 0 Å². The van der Waals surface area contributed by atoms with E-state index in [0.717, 1.165) is 18.3 Å². The van der Waals surface area contributed by atoms with Gasteiger partial charge in [-0.2, -0.15) is 0 Å². The van der Waals surface area contributed by atoms with E-state index in [1.807, 2.05) is 6.92 Å². The molecule has 2 aromatic rings. The first kappa shape index (κ1) is 10.3.